The van der Waals surface area contributed by atoms with Crippen molar-refractivity contribution in [2.24, 2.45) is 11.8 Å². The van der Waals surface area contributed by atoms with Crippen molar-refractivity contribution in [2.75, 3.05) is 19.8 Å². The van der Waals surface area contributed by atoms with Gasteiger partial charge in [-0.2, -0.15) is 0 Å². The van der Waals surface area contributed by atoms with Gasteiger partial charge in [0.2, 0.25) is 0 Å². The van der Waals surface area contributed by atoms with E-state index in [1.54, 1.807) is 13.8 Å². The van der Waals surface area contributed by atoms with Crippen LogP contribution in [0.15, 0.2) is 48.1 Å². The molecule has 0 heterocycles. The number of carbonyl (C=O) groups excluding carboxylic acids is 2. The first-order valence-electron chi connectivity index (χ1n) is 12.4. The molecule has 196 valence electrons. The predicted octanol–water partition coefficient (Wildman–Crippen LogP) is 5.39. The number of ketones is 1. The SMILES string of the molecule is CC(CCC(=O)C(C)C(=O)OCC(C)(C)O)OC/C(=C/C=C/c1ccccc1)COC(C)C(C)C. The Morgan fingerprint density at radius 1 is 1.00 bits per heavy atom. The van der Waals surface area contributed by atoms with E-state index in [2.05, 4.69) is 20.8 Å². The highest BCUT2D eigenvalue weighted by Crippen LogP contribution is 2.13. The lowest BCUT2D eigenvalue weighted by Crippen LogP contribution is -2.32. The number of carbonyl (C=O) groups is 2. The number of ether oxygens (including phenoxy) is 3. The average Bonchev–Trinajstić information content (AvgIpc) is 2.81. The number of benzene rings is 1. The summed E-state index contributed by atoms with van der Waals surface area (Å²) in [5.41, 5.74) is 0.993. The highest BCUT2D eigenvalue weighted by atomic mass is 16.5. The van der Waals surface area contributed by atoms with E-state index in [1.165, 1.54) is 6.92 Å². The van der Waals surface area contributed by atoms with Crippen LogP contribution in [0.5, 0.6) is 0 Å². The summed E-state index contributed by atoms with van der Waals surface area (Å²) in [4.78, 5) is 24.5. The Morgan fingerprint density at radius 3 is 2.23 bits per heavy atom. The largest absolute Gasteiger partial charge is 0.462 e. The van der Waals surface area contributed by atoms with E-state index >= 15 is 0 Å². The third kappa shape index (κ3) is 14.0. The second-order valence-electron chi connectivity index (χ2n) is 10.1. The third-order valence-electron chi connectivity index (χ3n) is 5.65. The number of allylic oxidation sites excluding steroid dienone is 2. The number of hydrogen-bond acceptors (Lipinski definition) is 6. The topological polar surface area (TPSA) is 82.1 Å². The molecule has 0 aliphatic heterocycles. The van der Waals surface area contributed by atoms with Crippen molar-refractivity contribution in [1.82, 2.24) is 0 Å². The fraction of sp³-hybridized carbons (Fsp3) is 0.586. The molecule has 0 bridgehead atoms. The molecule has 0 aliphatic carbocycles. The van der Waals surface area contributed by atoms with Gasteiger partial charge >= 0.3 is 5.97 Å². The molecular weight excluding hydrogens is 444 g/mol. The van der Waals surface area contributed by atoms with Crippen LogP contribution < -0.4 is 0 Å². The van der Waals surface area contributed by atoms with Gasteiger partial charge in [0.15, 0.2) is 0 Å². The van der Waals surface area contributed by atoms with Crippen molar-refractivity contribution in [3.8, 4) is 0 Å². The monoisotopic (exact) mass is 488 g/mol. The summed E-state index contributed by atoms with van der Waals surface area (Å²) < 4.78 is 17.0. The molecule has 0 spiro atoms. The Balaban J connectivity index is 2.59. The van der Waals surface area contributed by atoms with E-state index < -0.39 is 17.5 Å². The molecule has 6 nitrogen and oxygen atoms in total. The van der Waals surface area contributed by atoms with Gasteiger partial charge in [-0.25, -0.2) is 0 Å². The zero-order chi connectivity index (χ0) is 26.4. The van der Waals surface area contributed by atoms with E-state index in [-0.39, 0.29) is 31.0 Å². The van der Waals surface area contributed by atoms with E-state index in [0.717, 1.165) is 11.1 Å². The zero-order valence-corrected chi connectivity index (χ0v) is 22.5. The Labute approximate surface area is 211 Å². The Bertz CT molecular complexity index is 819. The second-order valence-corrected chi connectivity index (χ2v) is 10.1. The number of esters is 1. The molecule has 1 rings (SSSR count). The first kappa shape index (κ1) is 30.8. The van der Waals surface area contributed by atoms with Crippen molar-refractivity contribution in [2.45, 2.75) is 79.1 Å². The molecule has 1 N–H and O–H groups in total. The van der Waals surface area contributed by atoms with Crippen molar-refractivity contribution in [3.05, 3.63) is 53.6 Å². The van der Waals surface area contributed by atoms with Gasteiger partial charge in [0, 0.05) is 6.42 Å². The lowest BCUT2D eigenvalue weighted by atomic mass is 10.0. The first-order valence-corrected chi connectivity index (χ1v) is 12.4. The molecule has 35 heavy (non-hydrogen) atoms. The molecule has 0 radical (unpaired) electrons. The van der Waals surface area contributed by atoms with E-state index in [1.807, 2.05) is 55.5 Å². The molecule has 0 saturated carbocycles. The van der Waals surface area contributed by atoms with Gasteiger partial charge in [0.05, 0.1) is 31.0 Å². The maximum absolute atomic E-state index is 12.4. The molecule has 1 aromatic rings. The second kappa shape index (κ2) is 15.7. The molecule has 0 fully saturated rings. The van der Waals surface area contributed by atoms with Gasteiger partial charge in [0.1, 0.15) is 18.3 Å². The summed E-state index contributed by atoms with van der Waals surface area (Å²) in [6.07, 6.45) is 6.72. The van der Waals surface area contributed by atoms with Crippen LogP contribution in [-0.4, -0.2) is 54.5 Å². The van der Waals surface area contributed by atoms with Crippen LogP contribution in [-0.2, 0) is 23.8 Å². The molecule has 0 amide bonds. The average molecular weight is 489 g/mol. The lowest BCUT2D eigenvalue weighted by molar-refractivity contribution is -0.156. The summed E-state index contributed by atoms with van der Waals surface area (Å²) in [5.74, 6) is -1.26. The maximum Gasteiger partial charge on any atom is 0.316 e. The highest BCUT2D eigenvalue weighted by molar-refractivity contribution is 5.98. The van der Waals surface area contributed by atoms with Crippen LogP contribution >= 0.6 is 0 Å². The van der Waals surface area contributed by atoms with Crippen molar-refractivity contribution in [3.63, 3.8) is 0 Å². The number of rotatable bonds is 16. The summed E-state index contributed by atoms with van der Waals surface area (Å²) in [5, 5.41) is 9.68. The lowest BCUT2D eigenvalue weighted by Gasteiger charge is -2.20. The predicted molar refractivity (Wildman–Crippen MR) is 140 cm³/mol. The van der Waals surface area contributed by atoms with Gasteiger partial charge < -0.3 is 19.3 Å². The maximum atomic E-state index is 12.4. The van der Waals surface area contributed by atoms with Crippen LogP contribution in [0.4, 0.5) is 0 Å². The smallest absolute Gasteiger partial charge is 0.316 e. The van der Waals surface area contributed by atoms with Gasteiger partial charge in [-0.05, 0) is 58.1 Å². The molecule has 0 aliphatic rings. The highest BCUT2D eigenvalue weighted by Gasteiger charge is 2.25. The first-order chi connectivity index (χ1) is 16.4. The summed E-state index contributed by atoms with van der Waals surface area (Å²) in [6.45, 7) is 13.6. The molecule has 1 aromatic carbocycles. The van der Waals surface area contributed by atoms with Crippen LogP contribution in [0.1, 0.15) is 66.9 Å². The summed E-state index contributed by atoms with van der Waals surface area (Å²) in [7, 11) is 0. The van der Waals surface area contributed by atoms with Gasteiger partial charge in [-0.15, -0.1) is 0 Å². The van der Waals surface area contributed by atoms with Crippen LogP contribution in [0.25, 0.3) is 6.08 Å². The van der Waals surface area contributed by atoms with E-state index in [9.17, 15) is 14.7 Å². The minimum Gasteiger partial charge on any atom is -0.462 e. The number of hydrogen-bond donors (Lipinski definition) is 1. The molecule has 6 heteroatoms. The third-order valence-corrected chi connectivity index (χ3v) is 5.65. The minimum absolute atomic E-state index is 0.129. The van der Waals surface area contributed by atoms with Gasteiger partial charge in [-0.3, -0.25) is 9.59 Å². The van der Waals surface area contributed by atoms with Crippen LogP contribution in [0.2, 0.25) is 0 Å². The molecule has 3 unspecified atom stereocenters. The van der Waals surface area contributed by atoms with E-state index in [4.69, 9.17) is 14.2 Å². The van der Waals surface area contributed by atoms with Gasteiger partial charge in [0.25, 0.3) is 0 Å². The van der Waals surface area contributed by atoms with Crippen LogP contribution in [0.3, 0.4) is 0 Å². The van der Waals surface area contributed by atoms with Gasteiger partial charge in [-0.1, -0.05) is 62.4 Å². The number of Topliss-reactive ketones (excluding diaryl/α,β-unsaturated/α-hetero) is 1. The molecule has 0 aromatic heterocycles. The Hall–Kier alpha value is -2.28. The molecular formula is C29H44O6. The van der Waals surface area contributed by atoms with E-state index in [0.29, 0.717) is 25.6 Å². The quantitative estimate of drug-likeness (QED) is 0.191. The van der Waals surface area contributed by atoms with Crippen molar-refractivity contribution < 1.29 is 28.9 Å². The standard InChI is InChI=1S/C29H44O6/c1-21(2)24(5)34-19-26(15-11-14-25-12-9-8-10-13-25)18-33-22(3)16-17-27(30)23(4)28(31)35-20-29(6,7)32/h8-15,21-24,32H,16-20H2,1-7H3/b14-11+,26-15-. The minimum atomic E-state index is -1.13. The fourth-order valence-electron chi connectivity index (χ4n) is 2.83. The fourth-order valence-corrected chi connectivity index (χ4v) is 2.83. The van der Waals surface area contributed by atoms with Crippen molar-refractivity contribution in [1.29, 1.82) is 0 Å². The Kier molecular flexibility index (Phi) is 13.8. The van der Waals surface area contributed by atoms with Crippen molar-refractivity contribution >= 4 is 17.8 Å². The normalized spacial score (nSPS) is 15.3. The zero-order valence-electron chi connectivity index (χ0n) is 22.5. The summed E-state index contributed by atoms with van der Waals surface area (Å²) in [6, 6.07) is 10.1. The Morgan fingerprint density at radius 2 is 1.63 bits per heavy atom. The molecule has 0 saturated heterocycles. The van der Waals surface area contributed by atoms with Crippen LogP contribution in [0, 0.1) is 11.8 Å². The summed E-state index contributed by atoms with van der Waals surface area (Å²) >= 11 is 0. The molecule has 3 atom stereocenters. The number of aliphatic hydroxyl groups is 1.